The third-order valence-corrected chi connectivity index (χ3v) is 2.65. The van der Waals surface area contributed by atoms with E-state index in [2.05, 4.69) is 23.2 Å². The lowest BCUT2D eigenvalue weighted by atomic mass is 10.1. The highest BCUT2D eigenvalue weighted by Gasteiger charge is 2.44. The summed E-state index contributed by atoms with van der Waals surface area (Å²) < 4.78 is 57.5. The highest BCUT2D eigenvalue weighted by Crippen LogP contribution is 2.20. The SMILES string of the molecule is O=S(=O)(O)C(F)(F)F.c1ccc(-c2cccnc2)cc1. The summed E-state index contributed by atoms with van der Waals surface area (Å²) in [6, 6.07) is 14.2. The van der Waals surface area contributed by atoms with Crippen LogP contribution in [0.25, 0.3) is 11.1 Å². The summed E-state index contributed by atoms with van der Waals surface area (Å²) >= 11 is 0. The number of aromatic nitrogens is 1. The molecule has 2 rings (SSSR count). The molecule has 0 saturated carbocycles. The van der Waals surface area contributed by atoms with Crippen molar-refractivity contribution in [2.75, 3.05) is 0 Å². The van der Waals surface area contributed by atoms with Crippen LogP contribution in [0.3, 0.4) is 0 Å². The Balaban J connectivity index is 0.000000221. The fraction of sp³-hybridized carbons (Fsp3) is 0.0833. The van der Waals surface area contributed by atoms with Gasteiger partial charge in [0.05, 0.1) is 0 Å². The van der Waals surface area contributed by atoms with Crippen LogP contribution in [0, 0.1) is 0 Å². The summed E-state index contributed by atoms with van der Waals surface area (Å²) in [6.07, 6.45) is 3.65. The van der Waals surface area contributed by atoms with Gasteiger partial charge in [0.25, 0.3) is 0 Å². The molecule has 0 unspecified atom stereocenters. The largest absolute Gasteiger partial charge is 0.522 e. The van der Waals surface area contributed by atoms with Gasteiger partial charge >= 0.3 is 15.6 Å². The Labute approximate surface area is 113 Å². The zero-order valence-electron chi connectivity index (χ0n) is 9.95. The van der Waals surface area contributed by atoms with Crippen LogP contribution in [0.4, 0.5) is 13.2 Å². The molecule has 1 aromatic carbocycles. The molecule has 20 heavy (non-hydrogen) atoms. The van der Waals surface area contributed by atoms with Crippen LogP contribution in [0.1, 0.15) is 0 Å². The molecule has 0 bridgehead atoms. The second-order valence-corrected chi connectivity index (χ2v) is 4.94. The monoisotopic (exact) mass is 305 g/mol. The van der Waals surface area contributed by atoms with E-state index in [9.17, 15) is 13.2 Å². The molecule has 108 valence electrons. The Kier molecular flexibility index (Phi) is 5.23. The molecular weight excluding hydrogens is 295 g/mol. The van der Waals surface area contributed by atoms with Crippen molar-refractivity contribution in [3.05, 3.63) is 54.9 Å². The first kappa shape index (κ1) is 16.1. The third-order valence-electron chi connectivity index (χ3n) is 2.06. The number of halogens is 3. The van der Waals surface area contributed by atoms with Crippen molar-refractivity contribution in [2.24, 2.45) is 0 Å². The lowest BCUT2D eigenvalue weighted by Gasteiger charge is -1.97. The Morgan fingerprint density at radius 1 is 0.950 bits per heavy atom. The Hall–Kier alpha value is -1.93. The van der Waals surface area contributed by atoms with Crippen LogP contribution < -0.4 is 0 Å². The van der Waals surface area contributed by atoms with Crippen LogP contribution in [-0.2, 0) is 10.1 Å². The van der Waals surface area contributed by atoms with Gasteiger partial charge in [-0.05, 0) is 17.2 Å². The van der Waals surface area contributed by atoms with E-state index in [-0.39, 0.29) is 0 Å². The molecule has 2 aromatic rings. The maximum atomic E-state index is 10.7. The molecule has 0 spiro atoms. The standard InChI is InChI=1S/C11H9N.CHF3O3S/c1-2-5-10(6-3-1)11-7-4-8-12-9-11;2-1(3,4)8(5,6)7/h1-9H;(H,5,6,7). The number of hydrogen-bond donors (Lipinski definition) is 1. The third kappa shape index (κ3) is 4.98. The minimum atomic E-state index is -5.84. The molecule has 1 N–H and O–H groups in total. The normalized spacial score (nSPS) is 11.4. The van der Waals surface area contributed by atoms with Crippen molar-refractivity contribution in [3.8, 4) is 11.1 Å². The number of pyridine rings is 1. The van der Waals surface area contributed by atoms with E-state index in [0.29, 0.717) is 0 Å². The molecule has 4 nitrogen and oxygen atoms in total. The van der Waals surface area contributed by atoms with Crippen molar-refractivity contribution in [1.82, 2.24) is 4.98 Å². The summed E-state index contributed by atoms with van der Waals surface area (Å²) in [5.74, 6) is 0. The van der Waals surface area contributed by atoms with Crippen LogP contribution in [-0.4, -0.2) is 23.5 Å². The summed E-state index contributed by atoms with van der Waals surface area (Å²) in [6.45, 7) is 0. The molecule has 0 amide bonds. The maximum absolute atomic E-state index is 10.7. The van der Waals surface area contributed by atoms with Gasteiger partial charge in [-0.3, -0.25) is 9.54 Å². The Morgan fingerprint density at radius 2 is 1.45 bits per heavy atom. The zero-order chi connectivity index (χ0) is 15.2. The second kappa shape index (κ2) is 6.49. The molecule has 0 radical (unpaired) electrons. The van der Waals surface area contributed by atoms with Crippen molar-refractivity contribution in [1.29, 1.82) is 0 Å². The second-order valence-electron chi connectivity index (χ2n) is 3.53. The highest BCUT2D eigenvalue weighted by atomic mass is 32.2. The minimum Gasteiger partial charge on any atom is -0.279 e. The molecule has 8 heteroatoms. The van der Waals surface area contributed by atoms with E-state index in [0.717, 1.165) is 5.56 Å². The average Bonchev–Trinajstić information content (AvgIpc) is 2.39. The topological polar surface area (TPSA) is 67.3 Å². The first-order valence-electron chi connectivity index (χ1n) is 5.21. The number of hydrogen-bond acceptors (Lipinski definition) is 3. The average molecular weight is 305 g/mol. The van der Waals surface area contributed by atoms with Gasteiger partial charge in [0.2, 0.25) is 0 Å². The molecule has 1 heterocycles. The van der Waals surface area contributed by atoms with E-state index >= 15 is 0 Å². The molecule has 0 aliphatic rings. The summed E-state index contributed by atoms with van der Waals surface area (Å²) in [4.78, 5) is 4.06. The van der Waals surface area contributed by atoms with E-state index in [1.54, 1.807) is 6.20 Å². The van der Waals surface area contributed by atoms with Gasteiger partial charge in [-0.25, -0.2) is 0 Å². The van der Waals surface area contributed by atoms with Crippen molar-refractivity contribution < 1.29 is 26.1 Å². The Morgan fingerprint density at radius 3 is 1.85 bits per heavy atom. The van der Waals surface area contributed by atoms with Gasteiger partial charge in [0.15, 0.2) is 0 Å². The first-order valence-corrected chi connectivity index (χ1v) is 6.65. The lowest BCUT2D eigenvalue weighted by Crippen LogP contribution is -2.21. The van der Waals surface area contributed by atoms with Gasteiger partial charge in [0, 0.05) is 12.4 Å². The van der Waals surface area contributed by atoms with Gasteiger partial charge in [0.1, 0.15) is 0 Å². The molecule has 0 fully saturated rings. The van der Waals surface area contributed by atoms with E-state index in [1.165, 1.54) is 5.56 Å². The molecular formula is C12H10F3NO3S. The molecule has 1 aromatic heterocycles. The number of benzene rings is 1. The minimum absolute atomic E-state index is 1.16. The maximum Gasteiger partial charge on any atom is 0.522 e. The van der Waals surface area contributed by atoms with Crippen molar-refractivity contribution >= 4 is 10.1 Å². The van der Waals surface area contributed by atoms with E-state index < -0.39 is 15.6 Å². The Bertz CT molecular complexity index is 591. The zero-order valence-corrected chi connectivity index (χ0v) is 10.8. The van der Waals surface area contributed by atoms with Crippen LogP contribution >= 0.6 is 0 Å². The predicted molar refractivity (Wildman–Crippen MR) is 67.3 cm³/mol. The van der Waals surface area contributed by atoms with E-state index in [1.807, 2.05) is 30.5 Å². The van der Waals surface area contributed by atoms with Gasteiger partial charge in [-0.1, -0.05) is 36.4 Å². The van der Waals surface area contributed by atoms with Gasteiger partial charge in [-0.15, -0.1) is 0 Å². The van der Waals surface area contributed by atoms with Crippen molar-refractivity contribution in [2.45, 2.75) is 5.51 Å². The van der Waals surface area contributed by atoms with E-state index in [4.69, 9.17) is 13.0 Å². The number of nitrogens with zero attached hydrogens (tertiary/aromatic N) is 1. The van der Waals surface area contributed by atoms with Crippen LogP contribution in [0.5, 0.6) is 0 Å². The van der Waals surface area contributed by atoms with Gasteiger partial charge < -0.3 is 0 Å². The number of alkyl halides is 3. The van der Waals surface area contributed by atoms with Crippen molar-refractivity contribution in [3.63, 3.8) is 0 Å². The molecule has 0 aliphatic heterocycles. The fourth-order valence-corrected chi connectivity index (χ4v) is 1.16. The molecule has 0 aliphatic carbocycles. The molecule has 0 saturated heterocycles. The highest BCUT2D eigenvalue weighted by molar-refractivity contribution is 7.86. The number of rotatable bonds is 1. The smallest absolute Gasteiger partial charge is 0.279 e. The molecule has 0 atom stereocenters. The first-order chi connectivity index (χ1) is 9.22. The van der Waals surface area contributed by atoms with Crippen LogP contribution in [0.2, 0.25) is 0 Å². The summed E-state index contributed by atoms with van der Waals surface area (Å²) in [5, 5.41) is 0. The summed E-state index contributed by atoms with van der Waals surface area (Å²) in [7, 11) is -5.84. The van der Waals surface area contributed by atoms with Crippen LogP contribution in [0.15, 0.2) is 54.9 Å². The predicted octanol–water partition coefficient (Wildman–Crippen LogP) is 3.14. The van der Waals surface area contributed by atoms with Gasteiger partial charge in [-0.2, -0.15) is 21.6 Å². The fourth-order valence-electron chi connectivity index (χ4n) is 1.16. The lowest BCUT2D eigenvalue weighted by molar-refractivity contribution is -0.0510. The summed E-state index contributed by atoms with van der Waals surface area (Å²) in [5.41, 5.74) is -3.16. The quantitative estimate of drug-likeness (QED) is 0.649.